The van der Waals surface area contributed by atoms with Crippen LogP contribution in [0.5, 0.6) is 17.2 Å². The van der Waals surface area contributed by atoms with E-state index in [1.807, 2.05) is 18.9 Å². The normalized spacial score (nSPS) is 12.1. The third-order valence-corrected chi connectivity index (χ3v) is 3.46. The van der Waals surface area contributed by atoms with Crippen LogP contribution in [0.1, 0.15) is 12.5 Å². The number of ether oxygens (including phenoxy) is 4. The number of hydrogen-bond donors (Lipinski definition) is 0. The van der Waals surface area contributed by atoms with Gasteiger partial charge in [0.05, 0.1) is 20.8 Å². The highest BCUT2D eigenvalue weighted by atomic mass is 16.6. The van der Waals surface area contributed by atoms with E-state index in [1.165, 1.54) is 14.2 Å². The highest BCUT2D eigenvalue weighted by Crippen LogP contribution is 2.38. The zero-order chi connectivity index (χ0) is 16.7. The third-order valence-electron chi connectivity index (χ3n) is 3.46. The largest absolute Gasteiger partial charge is 0.493 e. The number of hydrogen-bond acceptors (Lipinski definition) is 6. The first-order chi connectivity index (χ1) is 10.4. The summed E-state index contributed by atoms with van der Waals surface area (Å²) < 4.78 is 21.1. The lowest BCUT2D eigenvalue weighted by Crippen LogP contribution is -2.40. The Hall–Kier alpha value is -1.79. The van der Waals surface area contributed by atoms with Crippen LogP contribution in [0, 0.1) is 6.92 Å². The third kappa shape index (κ3) is 4.61. The molecule has 0 radical (unpaired) electrons. The Kier molecular flexibility index (Phi) is 7.14. The second-order valence-corrected chi connectivity index (χ2v) is 5.07. The Morgan fingerprint density at radius 2 is 1.73 bits per heavy atom. The molecule has 0 fully saturated rings. The predicted octanol–water partition coefficient (Wildman–Crippen LogP) is 1.88. The van der Waals surface area contributed by atoms with Gasteiger partial charge < -0.3 is 18.9 Å². The van der Waals surface area contributed by atoms with E-state index in [0.29, 0.717) is 30.4 Å². The van der Waals surface area contributed by atoms with E-state index in [9.17, 15) is 4.79 Å². The molecule has 0 bridgehead atoms. The smallest absolute Gasteiger partial charge is 0.328 e. The van der Waals surface area contributed by atoms with E-state index in [-0.39, 0.29) is 5.97 Å². The number of methoxy groups -OCH3 is 3. The molecule has 1 rings (SSSR count). The van der Waals surface area contributed by atoms with Gasteiger partial charge in [0.25, 0.3) is 0 Å². The molecular weight excluding hydrogens is 286 g/mol. The first-order valence-electron chi connectivity index (χ1n) is 7.08. The number of nitrogens with zero attached hydrogens (tertiary/aromatic N) is 1. The molecular formula is C16H25NO5. The molecule has 0 aliphatic carbocycles. The van der Waals surface area contributed by atoms with E-state index < -0.39 is 6.04 Å². The Morgan fingerprint density at radius 1 is 1.18 bits per heavy atom. The molecule has 0 saturated carbocycles. The summed E-state index contributed by atoms with van der Waals surface area (Å²) in [4.78, 5) is 14.2. The topological polar surface area (TPSA) is 57.2 Å². The number of carbonyl (C=O) groups is 1. The first kappa shape index (κ1) is 18.3. The summed E-state index contributed by atoms with van der Waals surface area (Å²) in [7, 11) is 6.52. The van der Waals surface area contributed by atoms with Crippen LogP contribution in [0.3, 0.4) is 0 Å². The van der Waals surface area contributed by atoms with Crippen molar-refractivity contribution in [3.63, 3.8) is 0 Å². The average molecular weight is 311 g/mol. The van der Waals surface area contributed by atoms with E-state index in [4.69, 9.17) is 18.9 Å². The number of benzene rings is 1. The monoisotopic (exact) mass is 311 g/mol. The number of aryl methyl sites for hydroxylation is 1. The molecule has 0 N–H and O–H groups in total. The minimum absolute atomic E-state index is 0.299. The Balaban J connectivity index is 2.91. The summed E-state index contributed by atoms with van der Waals surface area (Å²) in [5.74, 6) is 0.862. The fraction of sp³-hybridized carbons (Fsp3) is 0.562. The van der Waals surface area contributed by atoms with Crippen LogP contribution in [0.25, 0.3) is 0 Å². The standard InChI is InChI=1S/C16H25NO5/c1-11-9-13(20-5)15(14(10-11)21-6)22-16(18)12(2)17(3)7-8-19-4/h9-10,12H,7-8H2,1-6H3. The lowest BCUT2D eigenvalue weighted by molar-refractivity contribution is -0.139. The van der Waals surface area contributed by atoms with Crippen molar-refractivity contribution in [1.29, 1.82) is 0 Å². The molecule has 0 saturated heterocycles. The van der Waals surface area contributed by atoms with Crippen LogP contribution in [0.15, 0.2) is 12.1 Å². The average Bonchev–Trinajstić information content (AvgIpc) is 2.52. The summed E-state index contributed by atoms with van der Waals surface area (Å²) in [6.07, 6.45) is 0. The maximum absolute atomic E-state index is 12.3. The minimum atomic E-state index is -0.411. The summed E-state index contributed by atoms with van der Waals surface area (Å²) in [5, 5.41) is 0. The van der Waals surface area contributed by atoms with Crippen LogP contribution in [0.4, 0.5) is 0 Å². The number of rotatable bonds is 8. The lowest BCUT2D eigenvalue weighted by atomic mass is 10.2. The molecule has 1 aromatic rings. The highest BCUT2D eigenvalue weighted by molar-refractivity contribution is 5.79. The Bertz CT molecular complexity index is 478. The molecule has 1 aromatic carbocycles. The molecule has 0 amide bonds. The van der Waals surface area contributed by atoms with Crippen molar-refractivity contribution in [1.82, 2.24) is 4.90 Å². The highest BCUT2D eigenvalue weighted by Gasteiger charge is 2.23. The SMILES string of the molecule is COCCN(C)C(C)C(=O)Oc1c(OC)cc(C)cc1OC. The predicted molar refractivity (Wildman–Crippen MR) is 83.9 cm³/mol. The van der Waals surface area contributed by atoms with Gasteiger partial charge in [0, 0.05) is 13.7 Å². The van der Waals surface area contributed by atoms with Gasteiger partial charge in [0.15, 0.2) is 11.5 Å². The van der Waals surface area contributed by atoms with Crippen molar-refractivity contribution >= 4 is 5.97 Å². The van der Waals surface area contributed by atoms with E-state index in [1.54, 1.807) is 26.2 Å². The molecule has 0 aliphatic heterocycles. The van der Waals surface area contributed by atoms with Gasteiger partial charge in [0.2, 0.25) is 5.75 Å². The van der Waals surface area contributed by atoms with Crippen LogP contribution in [-0.4, -0.2) is 58.4 Å². The minimum Gasteiger partial charge on any atom is -0.493 e. The van der Waals surface area contributed by atoms with Gasteiger partial charge in [-0.1, -0.05) is 0 Å². The second-order valence-electron chi connectivity index (χ2n) is 5.07. The molecule has 22 heavy (non-hydrogen) atoms. The fourth-order valence-corrected chi connectivity index (χ4v) is 1.91. The summed E-state index contributed by atoms with van der Waals surface area (Å²) in [6.45, 7) is 4.88. The van der Waals surface area contributed by atoms with Crippen LogP contribution in [0.2, 0.25) is 0 Å². The molecule has 0 aliphatic rings. The molecule has 6 heteroatoms. The first-order valence-corrected chi connectivity index (χ1v) is 7.08. The van der Waals surface area contributed by atoms with Crippen molar-refractivity contribution in [2.75, 3.05) is 41.5 Å². The van der Waals surface area contributed by atoms with E-state index in [0.717, 1.165) is 5.56 Å². The number of carbonyl (C=O) groups excluding carboxylic acids is 1. The Labute approximate surface area is 131 Å². The molecule has 1 unspecified atom stereocenters. The molecule has 0 heterocycles. The summed E-state index contributed by atoms with van der Waals surface area (Å²) >= 11 is 0. The summed E-state index contributed by atoms with van der Waals surface area (Å²) in [5.41, 5.74) is 0.957. The zero-order valence-corrected chi connectivity index (χ0v) is 14.1. The molecule has 124 valence electrons. The van der Waals surface area contributed by atoms with E-state index in [2.05, 4.69) is 0 Å². The van der Waals surface area contributed by atoms with Crippen molar-refractivity contribution in [2.24, 2.45) is 0 Å². The van der Waals surface area contributed by atoms with Gasteiger partial charge in [-0.15, -0.1) is 0 Å². The van der Waals surface area contributed by atoms with Crippen LogP contribution >= 0.6 is 0 Å². The van der Waals surface area contributed by atoms with Gasteiger partial charge in [-0.05, 0) is 38.6 Å². The van der Waals surface area contributed by atoms with Gasteiger partial charge in [-0.2, -0.15) is 0 Å². The molecule has 0 spiro atoms. The number of likely N-dealkylation sites (N-methyl/N-ethyl adjacent to an activating group) is 1. The molecule has 0 aromatic heterocycles. The van der Waals surface area contributed by atoms with Gasteiger partial charge in [-0.25, -0.2) is 4.79 Å². The van der Waals surface area contributed by atoms with E-state index >= 15 is 0 Å². The second kappa shape index (κ2) is 8.60. The maximum atomic E-state index is 12.3. The quantitative estimate of drug-likeness (QED) is 0.540. The zero-order valence-electron chi connectivity index (χ0n) is 14.1. The van der Waals surface area contributed by atoms with Crippen LogP contribution < -0.4 is 14.2 Å². The van der Waals surface area contributed by atoms with Crippen molar-refractivity contribution in [2.45, 2.75) is 19.9 Å². The Morgan fingerprint density at radius 3 is 2.18 bits per heavy atom. The molecule has 6 nitrogen and oxygen atoms in total. The maximum Gasteiger partial charge on any atom is 0.328 e. The fourth-order valence-electron chi connectivity index (χ4n) is 1.91. The lowest BCUT2D eigenvalue weighted by Gasteiger charge is -2.23. The van der Waals surface area contributed by atoms with Crippen molar-refractivity contribution < 1.29 is 23.7 Å². The number of esters is 1. The van der Waals surface area contributed by atoms with Crippen molar-refractivity contribution in [3.8, 4) is 17.2 Å². The van der Waals surface area contributed by atoms with Crippen molar-refractivity contribution in [3.05, 3.63) is 17.7 Å². The summed E-state index contributed by atoms with van der Waals surface area (Å²) in [6, 6.07) is 3.18. The van der Waals surface area contributed by atoms with Gasteiger partial charge in [0.1, 0.15) is 6.04 Å². The molecule has 1 atom stereocenters. The van der Waals surface area contributed by atoms with Gasteiger partial charge in [-0.3, -0.25) is 4.90 Å². The van der Waals surface area contributed by atoms with Crippen LogP contribution in [-0.2, 0) is 9.53 Å². The van der Waals surface area contributed by atoms with Gasteiger partial charge >= 0.3 is 5.97 Å².